The average molecular weight is 1200 g/mol. The number of para-hydroxylation sites is 1. The Morgan fingerprint density at radius 3 is 1.04 bits per heavy atom. The third kappa shape index (κ3) is 8.63. The van der Waals surface area contributed by atoms with Crippen LogP contribution in [0.15, 0.2) is 328 Å². The molecule has 0 radical (unpaired) electrons. The van der Waals surface area contributed by atoms with Crippen LogP contribution in [0.4, 0.5) is 17.1 Å². The second kappa shape index (κ2) is 21.5. The summed E-state index contributed by atoms with van der Waals surface area (Å²) in [5, 5.41) is 7.49. The summed E-state index contributed by atoms with van der Waals surface area (Å²) in [6.07, 6.45) is 0. The SMILES string of the molecule is CC1(C)c2ccccc2-c2ccc(-c3c4ccccc4c(-c4ccc5c(c4)C(C)(C)c4cc(N(c6ccccc6)c6ccc(-n7c8ccc(-c9ccccc9-c9ccccc9)cc8c8cc(-c9ccccc9-c9ccccc9)ccc87)cc6)ccc4-5)c4ccccc34)cc21. The van der Waals surface area contributed by atoms with E-state index < -0.39 is 0 Å². The molecule has 0 fully saturated rings. The van der Waals surface area contributed by atoms with Gasteiger partial charge in [-0.3, -0.25) is 0 Å². The van der Waals surface area contributed by atoms with Gasteiger partial charge in [-0.15, -0.1) is 0 Å². The van der Waals surface area contributed by atoms with E-state index in [1.54, 1.807) is 0 Å². The van der Waals surface area contributed by atoms with Crippen LogP contribution in [-0.2, 0) is 10.8 Å². The zero-order valence-electron chi connectivity index (χ0n) is 53.1. The molecule has 15 aromatic carbocycles. The van der Waals surface area contributed by atoms with E-state index in [2.05, 4.69) is 365 Å². The Hall–Kier alpha value is -11.6. The Balaban J connectivity index is 0.727. The van der Waals surface area contributed by atoms with Crippen molar-refractivity contribution in [2.45, 2.75) is 38.5 Å². The first-order chi connectivity index (χ1) is 46.2. The monoisotopic (exact) mass is 1200 g/mol. The molecule has 0 saturated heterocycles. The first kappa shape index (κ1) is 55.3. The summed E-state index contributed by atoms with van der Waals surface area (Å²) in [5.74, 6) is 0. The van der Waals surface area contributed by atoms with Crippen molar-refractivity contribution in [2.24, 2.45) is 0 Å². The third-order valence-electron chi connectivity index (χ3n) is 20.8. The molecule has 2 nitrogen and oxygen atoms in total. The molecule has 0 unspecified atom stereocenters. The Morgan fingerprint density at radius 1 is 0.223 bits per heavy atom. The van der Waals surface area contributed by atoms with Gasteiger partial charge in [0.15, 0.2) is 0 Å². The lowest BCUT2D eigenvalue weighted by molar-refractivity contribution is 0.660. The largest absolute Gasteiger partial charge is 0.310 e. The zero-order valence-corrected chi connectivity index (χ0v) is 53.1. The molecule has 0 amide bonds. The van der Waals surface area contributed by atoms with Gasteiger partial charge in [0, 0.05) is 44.4 Å². The van der Waals surface area contributed by atoms with Crippen molar-refractivity contribution in [2.75, 3.05) is 4.90 Å². The van der Waals surface area contributed by atoms with E-state index >= 15 is 0 Å². The van der Waals surface area contributed by atoms with E-state index in [1.165, 1.54) is 144 Å². The van der Waals surface area contributed by atoms with Crippen LogP contribution in [-0.4, -0.2) is 4.57 Å². The lowest BCUT2D eigenvalue weighted by Gasteiger charge is -2.28. The van der Waals surface area contributed by atoms with Gasteiger partial charge in [-0.2, -0.15) is 0 Å². The van der Waals surface area contributed by atoms with Gasteiger partial charge >= 0.3 is 0 Å². The Labute approximate surface area is 549 Å². The Morgan fingerprint density at radius 2 is 0.564 bits per heavy atom. The predicted octanol–water partition coefficient (Wildman–Crippen LogP) is 25.2. The molecule has 2 heteroatoms. The lowest BCUT2D eigenvalue weighted by atomic mass is 9.79. The molecule has 2 aliphatic rings. The maximum absolute atomic E-state index is 2.51. The van der Waals surface area contributed by atoms with Gasteiger partial charge < -0.3 is 9.47 Å². The molecule has 1 aromatic heterocycles. The highest BCUT2D eigenvalue weighted by Gasteiger charge is 2.38. The number of benzene rings is 15. The van der Waals surface area contributed by atoms with Gasteiger partial charge in [-0.25, -0.2) is 0 Å². The van der Waals surface area contributed by atoms with Crippen molar-refractivity contribution in [3.63, 3.8) is 0 Å². The quantitative estimate of drug-likeness (QED) is 0.124. The number of fused-ring (bicyclic) bond motifs is 11. The number of hydrogen-bond donors (Lipinski definition) is 0. The van der Waals surface area contributed by atoms with Crippen molar-refractivity contribution in [1.82, 2.24) is 4.57 Å². The summed E-state index contributed by atoms with van der Waals surface area (Å²) in [7, 11) is 0. The fraction of sp³-hybridized carbons (Fsp3) is 0.0652. The van der Waals surface area contributed by atoms with Crippen LogP contribution in [0.3, 0.4) is 0 Å². The Bertz CT molecular complexity index is 5510. The summed E-state index contributed by atoms with van der Waals surface area (Å²) < 4.78 is 2.46. The van der Waals surface area contributed by atoms with Crippen molar-refractivity contribution in [3.05, 3.63) is 350 Å². The van der Waals surface area contributed by atoms with Crippen LogP contribution in [0.5, 0.6) is 0 Å². The van der Waals surface area contributed by atoms with Gasteiger partial charge in [0.2, 0.25) is 0 Å². The summed E-state index contributed by atoms with van der Waals surface area (Å²) >= 11 is 0. The fourth-order valence-electron chi connectivity index (χ4n) is 16.3. The fourth-order valence-corrected chi connectivity index (χ4v) is 16.3. The van der Waals surface area contributed by atoms with Gasteiger partial charge in [0.25, 0.3) is 0 Å². The van der Waals surface area contributed by atoms with E-state index in [-0.39, 0.29) is 10.8 Å². The molecule has 18 rings (SSSR count). The van der Waals surface area contributed by atoms with E-state index in [9.17, 15) is 0 Å². The smallest absolute Gasteiger partial charge is 0.0541 e. The predicted molar refractivity (Wildman–Crippen MR) is 398 cm³/mol. The van der Waals surface area contributed by atoms with Crippen LogP contribution in [0.25, 0.3) is 138 Å². The molecular formula is C92H66N2. The van der Waals surface area contributed by atoms with Crippen LogP contribution >= 0.6 is 0 Å². The maximum atomic E-state index is 2.51. The molecule has 0 aliphatic heterocycles. The molecule has 0 saturated carbocycles. The van der Waals surface area contributed by atoms with E-state index in [1.807, 2.05) is 0 Å². The number of aromatic nitrogens is 1. The molecule has 0 spiro atoms. The summed E-state index contributed by atoms with van der Waals surface area (Å²) in [6, 6.07) is 122. The summed E-state index contributed by atoms with van der Waals surface area (Å²) in [6.45, 7) is 9.60. The Kier molecular flexibility index (Phi) is 12.7. The van der Waals surface area contributed by atoms with Crippen molar-refractivity contribution >= 4 is 60.4 Å². The molecule has 2 aliphatic carbocycles. The van der Waals surface area contributed by atoms with Crippen LogP contribution in [0, 0.1) is 0 Å². The van der Waals surface area contributed by atoms with E-state index in [4.69, 9.17) is 0 Å². The zero-order chi connectivity index (χ0) is 62.8. The maximum Gasteiger partial charge on any atom is 0.0541 e. The minimum Gasteiger partial charge on any atom is -0.310 e. The third-order valence-corrected chi connectivity index (χ3v) is 20.8. The van der Waals surface area contributed by atoms with Crippen LogP contribution in [0.2, 0.25) is 0 Å². The van der Waals surface area contributed by atoms with Gasteiger partial charge in [-0.05, 0) is 218 Å². The first-order valence-electron chi connectivity index (χ1n) is 33.0. The number of anilines is 3. The van der Waals surface area contributed by atoms with Crippen LogP contribution < -0.4 is 4.90 Å². The highest BCUT2D eigenvalue weighted by atomic mass is 15.1. The van der Waals surface area contributed by atoms with Crippen molar-refractivity contribution in [3.8, 4) is 94.7 Å². The van der Waals surface area contributed by atoms with Gasteiger partial charge in [0.1, 0.15) is 0 Å². The van der Waals surface area contributed by atoms with Crippen molar-refractivity contribution < 1.29 is 0 Å². The lowest BCUT2D eigenvalue weighted by Crippen LogP contribution is -2.16. The minimum atomic E-state index is -0.299. The number of nitrogens with zero attached hydrogens (tertiary/aromatic N) is 2. The molecule has 1 heterocycles. The summed E-state index contributed by atoms with van der Waals surface area (Å²) in [4.78, 5) is 2.42. The minimum absolute atomic E-state index is 0.0982. The highest BCUT2D eigenvalue weighted by molar-refractivity contribution is 6.22. The van der Waals surface area contributed by atoms with Crippen molar-refractivity contribution in [1.29, 1.82) is 0 Å². The number of rotatable bonds is 10. The van der Waals surface area contributed by atoms with Crippen LogP contribution in [0.1, 0.15) is 49.9 Å². The highest BCUT2D eigenvalue weighted by Crippen LogP contribution is 2.55. The second-order valence-electron chi connectivity index (χ2n) is 26.7. The van der Waals surface area contributed by atoms with Gasteiger partial charge in [-0.1, -0.05) is 270 Å². The standard InChI is InChI=1S/C92H66N2/c1-91(2)83-39-23-22-34-73(83)74-49-40-63(56-84(74)91)89-77-35-18-20-37-79(77)90(80-38-21-19-36-78(80)89)64-41-50-75-76-51-48-68(58-86(76)92(3,4)85(75)57-64)93(65-28-12-7-13-29-65)66-44-46-67(47-45-66)94-87-52-42-61(71-32-16-14-30-69(71)59-24-8-5-9-25-59)54-81(87)82-55-62(43-53-88(82)94)72-33-17-15-31-70(72)60-26-10-6-11-27-60/h5-58H,1-4H3. The molecule has 0 N–H and O–H groups in total. The van der Waals surface area contributed by atoms with E-state index in [0.717, 1.165) is 33.8 Å². The molecule has 0 bridgehead atoms. The molecular weight excluding hydrogens is 1130 g/mol. The second-order valence-corrected chi connectivity index (χ2v) is 26.7. The molecule has 444 valence electrons. The summed E-state index contributed by atoms with van der Waals surface area (Å²) in [5.41, 5.74) is 31.8. The van der Waals surface area contributed by atoms with E-state index in [0.29, 0.717) is 0 Å². The normalized spacial score (nSPS) is 13.3. The molecule has 94 heavy (non-hydrogen) atoms. The first-order valence-corrected chi connectivity index (χ1v) is 33.0. The molecule has 16 aromatic rings. The number of hydrogen-bond acceptors (Lipinski definition) is 1. The average Bonchev–Trinajstić information content (AvgIpc) is 1.48. The van der Waals surface area contributed by atoms with Gasteiger partial charge in [0.05, 0.1) is 11.0 Å². The topological polar surface area (TPSA) is 8.17 Å². The molecule has 0 atom stereocenters.